The van der Waals surface area contributed by atoms with Gasteiger partial charge in [0.2, 0.25) is 10.0 Å². The summed E-state index contributed by atoms with van der Waals surface area (Å²) in [4.78, 5) is 13.3. The summed E-state index contributed by atoms with van der Waals surface area (Å²) in [6.07, 6.45) is 0. The lowest BCUT2D eigenvalue weighted by atomic mass is 10.1. The third-order valence-electron chi connectivity index (χ3n) is 4.21. The van der Waals surface area contributed by atoms with Crippen molar-refractivity contribution in [2.75, 3.05) is 20.1 Å². The molecule has 0 aliphatic rings. The van der Waals surface area contributed by atoms with E-state index in [1.807, 2.05) is 0 Å². The van der Waals surface area contributed by atoms with Crippen LogP contribution in [0.4, 0.5) is 8.78 Å². The first-order valence-electron chi connectivity index (χ1n) is 8.50. The summed E-state index contributed by atoms with van der Waals surface area (Å²) in [6.45, 7) is 3.67. The minimum absolute atomic E-state index is 0.00100. The van der Waals surface area contributed by atoms with E-state index in [0.29, 0.717) is 5.56 Å². The van der Waals surface area contributed by atoms with Crippen molar-refractivity contribution in [3.63, 3.8) is 0 Å². The maximum absolute atomic E-state index is 14.2. The first kappa shape index (κ1) is 21.0. The van der Waals surface area contributed by atoms with Crippen LogP contribution in [0, 0.1) is 11.6 Å². The molecular formula is C19H22F2N2O3S. The van der Waals surface area contributed by atoms with E-state index in [2.05, 4.69) is 0 Å². The maximum atomic E-state index is 14.2. The van der Waals surface area contributed by atoms with Gasteiger partial charge in [0.1, 0.15) is 16.5 Å². The second-order valence-corrected chi connectivity index (χ2v) is 7.89. The highest BCUT2D eigenvalue weighted by molar-refractivity contribution is 7.89. The van der Waals surface area contributed by atoms with Gasteiger partial charge < -0.3 is 4.90 Å². The van der Waals surface area contributed by atoms with Gasteiger partial charge in [-0.25, -0.2) is 17.2 Å². The molecular weight excluding hydrogens is 374 g/mol. The minimum Gasteiger partial charge on any atom is -0.337 e. The van der Waals surface area contributed by atoms with Crippen molar-refractivity contribution in [1.29, 1.82) is 0 Å². The van der Waals surface area contributed by atoms with Crippen LogP contribution in [-0.4, -0.2) is 43.7 Å². The van der Waals surface area contributed by atoms with Crippen LogP contribution in [-0.2, 0) is 16.6 Å². The monoisotopic (exact) mass is 396 g/mol. The number of sulfonamides is 1. The van der Waals surface area contributed by atoms with Gasteiger partial charge in [-0.2, -0.15) is 4.31 Å². The van der Waals surface area contributed by atoms with Crippen molar-refractivity contribution >= 4 is 15.9 Å². The molecule has 0 aliphatic carbocycles. The first-order chi connectivity index (χ1) is 12.7. The lowest BCUT2D eigenvalue weighted by Gasteiger charge is -2.21. The van der Waals surface area contributed by atoms with Crippen LogP contribution < -0.4 is 0 Å². The number of hydrogen-bond donors (Lipinski definition) is 0. The molecule has 0 N–H and O–H groups in total. The molecule has 0 aromatic heterocycles. The van der Waals surface area contributed by atoms with E-state index in [1.165, 1.54) is 24.1 Å². The third kappa shape index (κ3) is 4.51. The molecule has 0 bridgehead atoms. The Morgan fingerprint density at radius 3 is 2.22 bits per heavy atom. The molecule has 8 heteroatoms. The molecule has 0 spiro atoms. The second kappa shape index (κ2) is 8.58. The van der Waals surface area contributed by atoms with E-state index in [0.717, 1.165) is 16.4 Å². The molecule has 2 aromatic rings. The Labute approximate surface area is 158 Å². The molecule has 2 rings (SSSR count). The van der Waals surface area contributed by atoms with Gasteiger partial charge in [-0.05, 0) is 24.3 Å². The van der Waals surface area contributed by atoms with E-state index in [1.54, 1.807) is 32.0 Å². The van der Waals surface area contributed by atoms with Crippen LogP contribution in [0.3, 0.4) is 0 Å². The Morgan fingerprint density at radius 2 is 1.63 bits per heavy atom. The summed E-state index contributed by atoms with van der Waals surface area (Å²) in [5, 5.41) is 0. The Balaban J connectivity index is 2.34. The van der Waals surface area contributed by atoms with E-state index in [-0.39, 0.29) is 25.2 Å². The van der Waals surface area contributed by atoms with Crippen LogP contribution in [0.25, 0.3) is 0 Å². The van der Waals surface area contributed by atoms with Gasteiger partial charge in [0.15, 0.2) is 0 Å². The van der Waals surface area contributed by atoms with Crippen molar-refractivity contribution < 1.29 is 22.0 Å². The highest BCUT2D eigenvalue weighted by atomic mass is 32.2. The smallest absolute Gasteiger partial charge is 0.253 e. The minimum atomic E-state index is -4.05. The van der Waals surface area contributed by atoms with Crippen molar-refractivity contribution in [1.82, 2.24) is 9.21 Å². The highest BCUT2D eigenvalue weighted by Crippen LogP contribution is 2.22. The van der Waals surface area contributed by atoms with E-state index in [4.69, 9.17) is 0 Å². The highest BCUT2D eigenvalue weighted by Gasteiger charge is 2.27. The zero-order chi connectivity index (χ0) is 20.2. The van der Waals surface area contributed by atoms with Gasteiger partial charge in [-0.1, -0.05) is 32.0 Å². The SMILES string of the molecule is CCN(CC)S(=O)(=O)c1cc(C(=O)N(C)Cc2ccccc2F)ccc1F. The molecule has 0 saturated carbocycles. The average molecular weight is 396 g/mol. The van der Waals surface area contributed by atoms with Crippen molar-refractivity contribution in [2.24, 2.45) is 0 Å². The number of halogens is 2. The summed E-state index contributed by atoms with van der Waals surface area (Å²) >= 11 is 0. The zero-order valence-corrected chi connectivity index (χ0v) is 16.3. The predicted octanol–water partition coefficient (Wildman–Crippen LogP) is 3.27. The first-order valence-corrected chi connectivity index (χ1v) is 9.94. The molecule has 0 heterocycles. The Hall–Kier alpha value is -2.32. The number of hydrogen-bond acceptors (Lipinski definition) is 3. The number of benzene rings is 2. The fourth-order valence-electron chi connectivity index (χ4n) is 2.71. The van der Waals surface area contributed by atoms with E-state index < -0.39 is 32.5 Å². The fraction of sp³-hybridized carbons (Fsp3) is 0.316. The van der Waals surface area contributed by atoms with Gasteiger partial charge in [0, 0.05) is 37.8 Å². The molecule has 0 aliphatic heterocycles. The van der Waals surface area contributed by atoms with Gasteiger partial charge in [0.05, 0.1) is 0 Å². The predicted molar refractivity (Wildman–Crippen MR) is 98.7 cm³/mol. The third-order valence-corrected chi connectivity index (χ3v) is 6.28. The molecule has 0 radical (unpaired) electrons. The lowest BCUT2D eigenvalue weighted by molar-refractivity contribution is 0.0783. The summed E-state index contributed by atoms with van der Waals surface area (Å²) < 4.78 is 54.3. The number of carbonyl (C=O) groups is 1. The summed E-state index contributed by atoms with van der Waals surface area (Å²) in [5.74, 6) is -1.90. The molecule has 1 amide bonds. The van der Waals surface area contributed by atoms with E-state index >= 15 is 0 Å². The van der Waals surface area contributed by atoms with Crippen LogP contribution in [0.5, 0.6) is 0 Å². The number of nitrogens with zero attached hydrogens (tertiary/aromatic N) is 2. The van der Waals surface area contributed by atoms with Gasteiger partial charge in [-0.15, -0.1) is 0 Å². The molecule has 2 aromatic carbocycles. The van der Waals surface area contributed by atoms with Crippen LogP contribution in [0.15, 0.2) is 47.4 Å². The van der Waals surface area contributed by atoms with Crippen molar-refractivity contribution in [2.45, 2.75) is 25.3 Å². The molecule has 0 saturated heterocycles. The zero-order valence-electron chi connectivity index (χ0n) is 15.4. The van der Waals surface area contributed by atoms with E-state index in [9.17, 15) is 22.0 Å². The Kier molecular flexibility index (Phi) is 6.67. The van der Waals surface area contributed by atoms with Crippen molar-refractivity contribution in [3.05, 3.63) is 65.2 Å². The van der Waals surface area contributed by atoms with Crippen molar-refractivity contribution in [3.8, 4) is 0 Å². The maximum Gasteiger partial charge on any atom is 0.253 e. The second-order valence-electron chi connectivity index (χ2n) is 5.99. The van der Waals surface area contributed by atoms with Crippen LogP contribution >= 0.6 is 0 Å². The summed E-state index contributed by atoms with van der Waals surface area (Å²) in [5.41, 5.74) is 0.340. The quantitative estimate of drug-likeness (QED) is 0.722. The molecule has 0 fully saturated rings. The fourth-order valence-corrected chi connectivity index (χ4v) is 4.26. The van der Waals surface area contributed by atoms with Gasteiger partial charge in [0.25, 0.3) is 5.91 Å². The summed E-state index contributed by atoms with van der Waals surface area (Å²) in [6, 6.07) is 9.26. The normalized spacial score (nSPS) is 11.6. The van der Waals surface area contributed by atoms with Gasteiger partial charge in [-0.3, -0.25) is 4.79 Å². The number of carbonyl (C=O) groups excluding carboxylic acids is 1. The average Bonchev–Trinajstić information content (AvgIpc) is 2.64. The number of rotatable bonds is 7. The molecule has 27 heavy (non-hydrogen) atoms. The number of amides is 1. The lowest BCUT2D eigenvalue weighted by Crippen LogP contribution is -2.32. The topological polar surface area (TPSA) is 57.7 Å². The van der Waals surface area contributed by atoms with Gasteiger partial charge >= 0.3 is 0 Å². The largest absolute Gasteiger partial charge is 0.337 e. The standard InChI is InChI=1S/C19H22F2N2O3S/c1-4-23(5-2)27(25,26)18-12-14(10-11-17(18)21)19(24)22(3)13-15-8-6-7-9-16(15)20/h6-12H,4-5,13H2,1-3H3. The van der Waals surface area contributed by atoms with Crippen LogP contribution in [0.2, 0.25) is 0 Å². The molecule has 5 nitrogen and oxygen atoms in total. The summed E-state index contributed by atoms with van der Waals surface area (Å²) in [7, 11) is -2.58. The Bertz CT molecular complexity index is 928. The van der Waals surface area contributed by atoms with Crippen LogP contribution in [0.1, 0.15) is 29.8 Å². The molecule has 0 atom stereocenters. The Morgan fingerprint density at radius 1 is 1.00 bits per heavy atom. The molecule has 146 valence electrons. The molecule has 0 unspecified atom stereocenters.